The minimum Gasteiger partial charge on any atom is -0.293 e. The van der Waals surface area contributed by atoms with Crippen LogP contribution in [0.5, 0.6) is 0 Å². The Kier molecular flexibility index (Phi) is 5.11. The lowest BCUT2D eigenvalue weighted by Gasteiger charge is -2.07. The lowest BCUT2D eigenvalue weighted by atomic mass is 10.0. The molecule has 0 bridgehead atoms. The van der Waals surface area contributed by atoms with Crippen LogP contribution in [0.2, 0.25) is 0 Å². The van der Waals surface area contributed by atoms with Crippen molar-refractivity contribution in [1.82, 2.24) is 14.8 Å². The molecule has 0 atom stereocenters. The second-order valence-electron chi connectivity index (χ2n) is 5.81. The Morgan fingerprint density at radius 2 is 1.79 bits per heavy atom. The predicted octanol–water partition coefficient (Wildman–Crippen LogP) is 4.37. The van der Waals surface area contributed by atoms with E-state index in [9.17, 15) is 4.79 Å². The Morgan fingerprint density at radius 1 is 1.08 bits per heavy atom. The molecule has 0 saturated carbocycles. The average molecular weight is 337 g/mol. The zero-order valence-electron chi connectivity index (χ0n) is 13.7. The van der Waals surface area contributed by atoms with Crippen LogP contribution in [-0.2, 0) is 0 Å². The Labute approximate surface area is 145 Å². The van der Waals surface area contributed by atoms with Crippen molar-refractivity contribution in [1.29, 1.82) is 0 Å². The molecule has 0 amide bonds. The number of carbonyl (C=O) groups is 1. The maximum absolute atomic E-state index is 12.4. The van der Waals surface area contributed by atoms with Gasteiger partial charge in [-0.15, -0.1) is 10.2 Å². The van der Waals surface area contributed by atoms with Crippen molar-refractivity contribution in [3.8, 4) is 5.69 Å². The normalized spacial score (nSPS) is 11.0. The number of carbonyl (C=O) groups excluding carboxylic acids is 1. The summed E-state index contributed by atoms with van der Waals surface area (Å²) in [5.41, 5.74) is 2.96. The van der Waals surface area contributed by atoms with E-state index in [0.29, 0.717) is 16.8 Å². The van der Waals surface area contributed by atoms with Crippen molar-refractivity contribution in [3.63, 3.8) is 0 Å². The highest BCUT2D eigenvalue weighted by Gasteiger charge is 2.12. The quantitative estimate of drug-likeness (QED) is 0.495. The molecular weight excluding hydrogens is 318 g/mol. The van der Waals surface area contributed by atoms with Gasteiger partial charge in [0.25, 0.3) is 0 Å². The molecule has 0 fully saturated rings. The van der Waals surface area contributed by atoms with Crippen LogP contribution < -0.4 is 0 Å². The van der Waals surface area contributed by atoms with Crippen LogP contribution in [0.4, 0.5) is 0 Å². The molecule has 0 aliphatic rings. The van der Waals surface area contributed by atoms with Crippen molar-refractivity contribution in [2.75, 3.05) is 5.75 Å². The first kappa shape index (κ1) is 16.5. The molecule has 2 aromatic carbocycles. The smallest absolute Gasteiger partial charge is 0.196 e. The molecule has 0 aliphatic carbocycles. The van der Waals surface area contributed by atoms with Crippen molar-refractivity contribution in [2.45, 2.75) is 24.9 Å². The third-order valence-electron chi connectivity index (χ3n) is 3.78. The van der Waals surface area contributed by atoms with Crippen molar-refractivity contribution >= 4 is 17.5 Å². The van der Waals surface area contributed by atoms with E-state index in [1.165, 1.54) is 17.3 Å². The number of nitrogens with zero attached hydrogens (tertiary/aromatic N) is 3. The number of Topliss-reactive ketones (excluding diaryl/α,β-unsaturated/α-hetero) is 1. The highest BCUT2D eigenvalue weighted by molar-refractivity contribution is 7.99. The number of benzene rings is 2. The molecule has 0 spiro atoms. The first-order chi connectivity index (χ1) is 11.6. The molecule has 3 aromatic rings. The summed E-state index contributed by atoms with van der Waals surface area (Å²) in [4.78, 5) is 12.4. The fourth-order valence-electron chi connectivity index (χ4n) is 2.36. The van der Waals surface area contributed by atoms with Gasteiger partial charge < -0.3 is 0 Å². The Balaban J connectivity index is 1.68. The van der Waals surface area contributed by atoms with Crippen molar-refractivity contribution < 1.29 is 4.79 Å². The number of rotatable bonds is 6. The Morgan fingerprint density at radius 3 is 2.46 bits per heavy atom. The summed E-state index contributed by atoms with van der Waals surface area (Å²) in [7, 11) is 0. The standard InChI is InChI=1S/C19H19N3OS/c1-14(2)15-8-10-16(11-9-15)18(23)12-24-19-21-20-13-22(19)17-6-4-3-5-7-17/h3-11,13-14H,12H2,1-2H3. The highest BCUT2D eigenvalue weighted by Crippen LogP contribution is 2.21. The lowest BCUT2D eigenvalue weighted by molar-refractivity contribution is 0.102. The van der Waals surface area contributed by atoms with E-state index in [-0.39, 0.29) is 5.78 Å². The second-order valence-corrected chi connectivity index (χ2v) is 6.75. The Hall–Kier alpha value is -2.40. The monoisotopic (exact) mass is 337 g/mol. The molecule has 24 heavy (non-hydrogen) atoms. The van der Waals surface area contributed by atoms with Crippen LogP contribution in [0, 0.1) is 0 Å². The van der Waals surface area contributed by atoms with Gasteiger partial charge in [-0.1, -0.05) is 68.1 Å². The number of hydrogen-bond donors (Lipinski definition) is 0. The Bertz CT molecular complexity index is 810. The number of thioether (sulfide) groups is 1. The zero-order chi connectivity index (χ0) is 16.9. The van der Waals surface area contributed by atoms with Gasteiger partial charge in [0.1, 0.15) is 6.33 Å². The summed E-state index contributed by atoms with van der Waals surface area (Å²) < 4.78 is 1.89. The molecule has 122 valence electrons. The fourth-order valence-corrected chi connectivity index (χ4v) is 3.18. The average Bonchev–Trinajstić information content (AvgIpc) is 3.09. The van der Waals surface area contributed by atoms with Gasteiger partial charge in [0.2, 0.25) is 0 Å². The van der Waals surface area contributed by atoms with Gasteiger partial charge in [0, 0.05) is 11.3 Å². The molecule has 1 aromatic heterocycles. The summed E-state index contributed by atoms with van der Waals surface area (Å²) in [5.74, 6) is 0.901. The summed E-state index contributed by atoms with van der Waals surface area (Å²) in [6, 6.07) is 17.7. The van der Waals surface area contributed by atoms with Crippen LogP contribution in [0.1, 0.15) is 35.7 Å². The predicted molar refractivity (Wildman–Crippen MR) is 96.9 cm³/mol. The SMILES string of the molecule is CC(C)c1ccc(C(=O)CSc2nncn2-c2ccccc2)cc1. The lowest BCUT2D eigenvalue weighted by Crippen LogP contribution is -2.04. The minimum atomic E-state index is 0.0953. The van der Waals surface area contributed by atoms with Gasteiger partial charge in [-0.05, 0) is 23.6 Å². The first-order valence-electron chi connectivity index (χ1n) is 7.86. The van der Waals surface area contributed by atoms with E-state index in [1.807, 2.05) is 59.2 Å². The summed E-state index contributed by atoms with van der Waals surface area (Å²) in [6.45, 7) is 4.28. The van der Waals surface area contributed by atoms with Gasteiger partial charge in [0.15, 0.2) is 10.9 Å². The van der Waals surface area contributed by atoms with Crippen LogP contribution in [0.15, 0.2) is 66.1 Å². The van der Waals surface area contributed by atoms with Crippen LogP contribution in [-0.4, -0.2) is 26.3 Å². The molecule has 5 heteroatoms. The van der Waals surface area contributed by atoms with E-state index in [4.69, 9.17) is 0 Å². The summed E-state index contributed by atoms with van der Waals surface area (Å²) in [6.07, 6.45) is 1.67. The maximum Gasteiger partial charge on any atom is 0.196 e. The maximum atomic E-state index is 12.4. The number of para-hydroxylation sites is 1. The fraction of sp³-hybridized carbons (Fsp3) is 0.211. The van der Waals surface area contributed by atoms with Gasteiger partial charge in [-0.25, -0.2) is 0 Å². The van der Waals surface area contributed by atoms with Crippen LogP contribution in [0.3, 0.4) is 0 Å². The molecule has 0 aliphatic heterocycles. The van der Waals surface area contributed by atoms with Crippen LogP contribution >= 0.6 is 11.8 Å². The number of aromatic nitrogens is 3. The van der Waals surface area contributed by atoms with Crippen molar-refractivity contribution in [2.24, 2.45) is 0 Å². The summed E-state index contributed by atoms with van der Waals surface area (Å²) in [5, 5.41) is 8.80. The highest BCUT2D eigenvalue weighted by atomic mass is 32.2. The minimum absolute atomic E-state index is 0.0953. The van der Waals surface area contributed by atoms with E-state index in [1.54, 1.807) is 6.33 Å². The third-order valence-corrected chi connectivity index (χ3v) is 4.73. The molecule has 1 heterocycles. The largest absolute Gasteiger partial charge is 0.293 e. The van der Waals surface area contributed by atoms with Crippen LogP contribution in [0.25, 0.3) is 5.69 Å². The second kappa shape index (κ2) is 7.45. The molecule has 0 radical (unpaired) electrons. The van der Waals surface area contributed by atoms with Crippen molar-refractivity contribution in [3.05, 3.63) is 72.1 Å². The van der Waals surface area contributed by atoms with E-state index in [0.717, 1.165) is 11.3 Å². The van der Waals surface area contributed by atoms with E-state index in [2.05, 4.69) is 24.0 Å². The van der Waals surface area contributed by atoms with Gasteiger partial charge >= 0.3 is 0 Å². The molecule has 0 unspecified atom stereocenters. The number of ketones is 1. The molecule has 0 saturated heterocycles. The zero-order valence-corrected chi connectivity index (χ0v) is 14.5. The number of hydrogen-bond acceptors (Lipinski definition) is 4. The van der Waals surface area contributed by atoms with Gasteiger partial charge in [-0.2, -0.15) is 0 Å². The molecular formula is C19H19N3OS. The topological polar surface area (TPSA) is 47.8 Å². The van der Waals surface area contributed by atoms with Gasteiger partial charge in [0.05, 0.1) is 5.75 Å². The molecule has 3 rings (SSSR count). The van der Waals surface area contributed by atoms with E-state index < -0.39 is 0 Å². The van der Waals surface area contributed by atoms with Gasteiger partial charge in [-0.3, -0.25) is 9.36 Å². The molecule has 4 nitrogen and oxygen atoms in total. The summed E-state index contributed by atoms with van der Waals surface area (Å²) >= 11 is 1.40. The van der Waals surface area contributed by atoms with E-state index >= 15 is 0 Å². The molecule has 0 N–H and O–H groups in total. The third kappa shape index (κ3) is 3.74. The first-order valence-corrected chi connectivity index (χ1v) is 8.85.